The number of carbonyl (C=O) groups excluding carboxylic acids is 2. The van der Waals surface area contributed by atoms with Crippen molar-refractivity contribution in [2.24, 2.45) is 5.92 Å². The number of carbonyl (C=O) groups is 2. The third kappa shape index (κ3) is 5.65. The van der Waals surface area contributed by atoms with Crippen molar-refractivity contribution in [2.75, 3.05) is 11.9 Å². The van der Waals surface area contributed by atoms with E-state index in [0.29, 0.717) is 22.3 Å². The van der Waals surface area contributed by atoms with E-state index in [4.69, 9.17) is 11.6 Å². The Balaban J connectivity index is 0.00000288. The molecule has 2 amide bonds. The van der Waals surface area contributed by atoms with Crippen molar-refractivity contribution in [3.05, 3.63) is 28.8 Å². The number of hydrogen-bond acceptors (Lipinski definition) is 3. The summed E-state index contributed by atoms with van der Waals surface area (Å²) in [6.45, 7) is 6.63. The highest BCUT2D eigenvalue weighted by atomic mass is 35.5. The van der Waals surface area contributed by atoms with Gasteiger partial charge in [0.05, 0.1) is 10.6 Å². The molecule has 1 aliphatic heterocycles. The molecule has 134 valence electrons. The summed E-state index contributed by atoms with van der Waals surface area (Å²) in [5.41, 5.74) is 0.969. The SMILES string of the molecule is CC1CC(NC(=O)c2cc(NC(=O)C(C)C)ccc2Cl)CCN1.Cl. The maximum absolute atomic E-state index is 12.5. The molecule has 24 heavy (non-hydrogen) atoms. The monoisotopic (exact) mass is 373 g/mol. The molecule has 7 heteroatoms. The zero-order valence-corrected chi connectivity index (χ0v) is 15.8. The van der Waals surface area contributed by atoms with Crippen molar-refractivity contribution < 1.29 is 9.59 Å². The highest BCUT2D eigenvalue weighted by molar-refractivity contribution is 6.34. The number of nitrogens with one attached hydrogen (secondary N) is 3. The first-order valence-corrected chi connectivity index (χ1v) is 8.39. The Bertz CT molecular complexity index is 593. The Morgan fingerprint density at radius 1 is 1.33 bits per heavy atom. The molecule has 3 N–H and O–H groups in total. The molecule has 1 fully saturated rings. The highest BCUT2D eigenvalue weighted by Gasteiger charge is 2.21. The van der Waals surface area contributed by atoms with E-state index in [1.165, 1.54) is 0 Å². The number of piperidine rings is 1. The van der Waals surface area contributed by atoms with Gasteiger partial charge in [0.25, 0.3) is 5.91 Å². The fourth-order valence-corrected chi connectivity index (χ4v) is 2.79. The molecule has 5 nitrogen and oxygen atoms in total. The molecule has 0 aromatic heterocycles. The van der Waals surface area contributed by atoms with Crippen molar-refractivity contribution >= 4 is 41.5 Å². The zero-order valence-electron chi connectivity index (χ0n) is 14.2. The van der Waals surface area contributed by atoms with Gasteiger partial charge in [0.2, 0.25) is 5.91 Å². The number of halogens is 2. The summed E-state index contributed by atoms with van der Waals surface area (Å²) in [6, 6.07) is 5.50. The molecule has 1 saturated heterocycles. The van der Waals surface area contributed by atoms with E-state index in [9.17, 15) is 9.59 Å². The number of benzene rings is 1. The second kappa shape index (κ2) is 9.25. The van der Waals surface area contributed by atoms with Crippen LogP contribution >= 0.6 is 24.0 Å². The van der Waals surface area contributed by atoms with Gasteiger partial charge >= 0.3 is 0 Å². The van der Waals surface area contributed by atoms with E-state index in [1.54, 1.807) is 18.2 Å². The van der Waals surface area contributed by atoms with Crippen molar-refractivity contribution in [3.63, 3.8) is 0 Å². The van der Waals surface area contributed by atoms with Crippen molar-refractivity contribution in [1.29, 1.82) is 0 Å². The smallest absolute Gasteiger partial charge is 0.253 e. The van der Waals surface area contributed by atoms with Crippen LogP contribution in [0.3, 0.4) is 0 Å². The summed E-state index contributed by atoms with van der Waals surface area (Å²) in [7, 11) is 0. The summed E-state index contributed by atoms with van der Waals surface area (Å²) in [4.78, 5) is 24.3. The second-order valence-electron chi connectivity index (χ2n) is 6.39. The Morgan fingerprint density at radius 2 is 2.04 bits per heavy atom. The summed E-state index contributed by atoms with van der Waals surface area (Å²) in [6.07, 6.45) is 1.80. The zero-order chi connectivity index (χ0) is 17.0. The van der Waals surface area contributed by atoms with Crippen LogP contribution in [0.4, 0.5) is 5.69 Å². The average molecular weight is 374 g/mol. The molecular formula is C17H25Cl2N3O2. The number of hydrogen-bond donors (Lipinski definition) is 3. The Labute approximate surface area is 154 Å². The second-order valence-corrected chi connectivity index (χ2v) is 6.80. The standard InChI is InChI=1S/C17H24ClN3O2.ClH/c1-10(2)16(22)20-12-4-5-15(18)14(9-12)17(23)21-13-6-7-19-11(3)8-13;/h4-5,9-11,13,19H,6-8H2,1-3H3,(H,20,22)(H,21,23);1H. The van der Waals surface area contributed by atoms with Gasteiger partial charge in [-0.25, -0.2) is 0 Å². The molecule has 2 atom stereocenters. The van der Waals surface area contributed by atoms with Crippen LogP contribution in [-0.2, 0) is 4.79 Å². The Kier molecular flexibility index (Phi) is 8.00. The van der Waals surface area contributed by atoms with Crippen molar-refractivity contribution in [3.8, 4) is 0 Å². The molecule has 0 radical (unpaired) electrons. The van der Waals surface area contributed by atoms with Crippen molar-refractivity contribution in [2.45, 2.75) is 45.7 Å². The molecule has 0 bridgehead atoms. The molecule has 1 aliphatic rings. The van der Waals surface area contributed by atoms with Gasteiger partial charge in [-0.2, -0.15) is 0 Å². The summed E-state index contributed by atoms with van der Waals surface area (Å²) >= 11 is 6.15. The van der Waals surface area contributed by atoms with Gasteiger partial charge in [-0.05, 0) is 44.5 Å². The first-order chi connectivity index (χ1) is 10.9. The summed E-state index contributed by atoms with van der Waals surface area (Å²) in [5, 5.41) is 9.55. The van der Waals surface area contributed by atoms with Gasteiger partial charge in [-0.3, -0.25) is 9.59 Å². The Hall–Kier alpha value is -1.30. The predicted octanol–water partition coefficient (Wildman–Crippen LogP) is 3.23. The van der Waals surface area contributed by atoms with Crippen molar-refractivity contribution in [1.82, 2.24) is 10.6 Å². The third-order valence-electron chi connectivity index (χ3n) is 3.96. The number of anilines is 1. The average Bonchev–Trinajstić information content (AvgIpc) is 2.49. The van der Waals surface area contributed by atoms with Gasteiger partial charge in [-0.15, -0.1) is 12.4 Å². The Morgan fingerprint density at radius 3 is 2.67 bits per heavy atom. The van der Waals surface area contributed by atoms with Crippen LogP contribution in [0.2, 0.25) is 5.02 Å². The van der Waals surface area contributed by atoms with E-state index in [-0.39, 0.29) is 36.2 Å². The minimum atomic E-state index is -0.199. The normalized spacial score (nSPS) is 20.2. The quantitative estimate of drug-likeness (QED) is 0.758. The van der Waals surface area contributed by atoms with E-state index in [0.717, 1.165) is 19.4 Å². The maximum atomic E-state index is 12.5. The van der Waals surface area contributed by atoms with E-state index >= 15 is 0 Å². The fraction of sp³-hybridized carbons (Fsp3) is 0.529. The fourth-order valence-electron chi connectivity index (χ4n) is 2.59. The topological polar surface area (TPSA) is 70.2 Å². The molecule has 1 aromatic carbocycles. The molecule has 1 heterocycles. The molecule has 2 rings (SSSR count). The van der Waals surface area contributed by atoms with Crippen LogP contribution in [0.15, 0.2) is 18.2 Å². The minimum absolute atomic E-state index is 0. The van der Waals surface area contributed by atoms with E-state index in [2.05, 4.69) is 22.9 Å². The van der Waals surface area contributed by atoms with Crippen LogP contribution < -0.4 is 16.0 Å². The van der Waals surface area contributed by atoms with Gasteiger partial charge in [0, 0.05) is 23.7 Å². The largest absolute Gasteiger partial charge is 0.349 e. The number of amides is 2. The van der Waals surface area contributed by atoms with E-state index < -0.39 is 0 Å². The van der Waals surface area contributed by atoms with Gasteiger partial charge in [-0.1, -0.05) is 25.4 Å². The third-order valence-corrected chi connectivity index (χ3v) is 4.29. The lowest BCUT2D eigenvalue weighted by molar-refractivity contribution is -0.118. The first kappa shape index (κ1) is 20.7. The van der Waals surface area contributed by atoms with Gasteiger partial charge in [0.15, 0.2) is 0 Å². The lowest BCUT2D eigenvalue weighted by atomic mass is 10.00. The maximum Gasteiger partial charge on any atom is 0.253 e. The molecular weight excluding hydrogens is 349 g/mol. The highest BCUT2D eigenvalue weighted by Crippen LogP contribution is 2.22. The lowest BCUT2D eigenvalue weighted by Crippen LogP contribution is -2.46. The van der Waals surface area contributed by atoms with Crippen LogP contribution in [0.1, 0.15) is 44.0 Å². The van der Waals surface area contributed by atoms with Gasteiger partial charge in [0.1, 0.15) is 0 Å². The molecule has 2 unspecified atom stereocenters. The minimum Gasteiger partial charge on any atom is -0.349 e. The number of rotatable bonds is 4. The molecule has 0 spiro atoms. The van der Waals surface area contributed by atoms with Crippen LogP contribution in [-0.4, -0.2) is 30.4 Å². The van der Waals surface area contributed by atoms with Crippen LogP contribution in [0.5, 0.6) is 0 Å². The summed E-state index contributed by atoms with van der Waals surface area (Å²) < 4.78 is 0. The lowest BCUT2D eigenvalue weighted by Gasteiger charge is -2.28. The van der Waals surface area contributed by atoms with Crippen LogP contribution in [0.25, 0.3) is 0 Å². The summed E-state index contributed by atoms with van der Waals surface area (Å²) in [5.74, 6) is -0.417. The van der Waals surface area contributed by atoms with Crippen LogP contribution in [0, 0.1) is 5.92 Å². The first-order valence-electron chi connectivity index (χ1n) is 8.01. The predicted molar refractivity (Wildman–Crippen MR) is 100 cm³/mol. The molecule has 0 saturated carbocycles. The molecule has 1 aromatic rings. The van der Waals surface area contributed by atoms with E-state index in [1.807, 2.05) is 13.8 Å². The molecule has 0 aliphatic carbocycles. The van der Waals surface area contributed by atoms with Gasteiger partial charge < -0.3 is 16.0 Å².